The molecule has 5 rings (SSSR count). The molecule has 7 nitrogen and oxygen atoms in total. The minimum absolute atomic E-state index is 0.191. The van der Waals surface area contributed by atoms with Crippen LogP contribution in [-0.2, 0) is 11.3 Å². The van der Waals surface area contributed by atoms with Crippen LogP contribution in [0.25, 0.3) is 38.9 Å². The Balaban J connectivity index is 1.91. The van der Waals surface area contributed by atoms with Gasteiger partial charge < -0.3 is 4.74 Å². The molecule has 3 heterocycles. The summed E-state index contributed by atoms with van der Waals surface area (Å²) in [5, 5.41) is 0.375. The van der Waals surface area contributed by atoms with Crippen LogP contribution in [0, 0.1) is 12.7 Å². The Hall–Kier alpha value is -3.65. The van der Waals surface area contributed by atoms with Crippen molar-refractivity contribution in [2.45, 2.75) is 19.9 Å². The van der Waals surface area contributed by atoms with Gasteiger partial charge in [0.1, 0.15) is 22.5 Å². The minimum Gasteiger partial charge on any atom is -0.385 e. The zero-order valence-corrected chi connectivity index (χ0v) is 17.2. The van der Waals surface area contributed by atoms with Crippen LogP contribution in [0.5, 0.6) is 0 Å². The Kier molecular flexibility index (Phi) is 4.71. The molecule has 31 heavy (non-hydrogen) atoms. The molecule has 0 fully saturated rings. The number of aromatic nitrogens is 5. The molecule has 0 saturated heterocycles. The predicted octanol–water partition coefficient (Wildman–Crippen LogP) is 3.77. The molecule has 156 valence electrons. The third kappa shape index (κ3) is 3.16. The molecule has 0 radical (unpaired) electrons. The number of halogens is 1. The number of methoxy groups -OCH3 is 1. The number of fused-ring (bicyclic) bond motifs is 4. The maximum Gasteiger partial charge on any atom is 0.265 e. The molecule has 5 aromatic rings. The summed E-state index contributed by atoms with van der Waals surface area (Å²) in [5.41, 5.74) is 3.05. The maximum atomic E-state index is 14.1. The number of ether oxygens (including phenoxy) is 1. The van der Waals surface area contributed by atoms with Gasteiger partial charge in [-0.25, -0.2) is 19.3 Å². The van der Waals surface area contributed by atoms with Gasteiger partial charge >= 0.3 is 0 Å². The summed E-state index contributed by atoms with van der Waals surface area (Å²) in [6, 6.07) is 13.6. The van der Waals surface area contributed by atoms with Crippen LogP contribution in [0.4, 0.5) is 4.39 Å². The Morgan fingerprint density at radius 3 is 2.52 bits per heavy atom. The second-order valence-corrected chi connectivity index (χ2v) is 7.36. The van der Waals surface area contributed by atoms with Gasteiger partial charge in [0.2, 0.25) is 0 Å². The average molecular weight is 417 g/mol. The molecule has 0 unspecified atom stereocenters. The van der Waals surface area contributed by atoms with Gasteiger partial charge in [0.05, 0.1) is 16.7 Å². The van der Waals surface area contributed by atoms with Crippen molar-refractivity contribution < 1.29 is 9.13 Å². The van der Waals surface area contributed by atoms with E-state index in [1.165, 1.54) is 12.1 Å². The molecule has 0 aliphatic heterocycles. The van der Waals surface area contributed by atoms with E-state index in [0.29, 0.717) is 64.3 Å². The van der Waals surface area contributed by atoms with Crippen molar-refractivity contribution in [2.24, 2.45) is 0 Å². The van der Waals surface area contributed by atoms with Crippen LogP contribution in [0.2, 0.25) is 0 Å². The summed E-state index contributed by atoms with van der Waals surface area (Å²) < 4.78 is 22.5. The number of hydrogen-bond donors (Lipinski definition) is 0. The molecule has 0 amide bonds. The summed E-state index contributed by atoms with van der Waals surface area (Å²) in [6.07, 6.45) is 0.682. The van der Waals surface area contributed by atoms with Crippen molar-refractivity contribution in [2.75, 3.05) is 13.7 Å². The summed E-state index contributed by atoms with van der Waals surface area (Å²) in [5.74, 6) is 0.185. The molecule has 2 aromatic carbocycles. The number of benzene rings is 2. The third-order valence-corrected chi connectivity index (χ3v) is 5.35. The molecule has 0 spiro atoms. The van der Waals surface area contributed by atoms with Crippen molar-refractivity contribution in [3.63, 3.8) is 0 Å². The topological polar surface area (TPSA) is 74.8 Å². The number of para-hydroxylation sites is 2. The SMILES string of the molecule is COCCCn1c(C)nc2c(c1=O)c1nc3ccccc3nc1n2-c1cccc(F)c1. The first-order valence-electron chi connectivity index (χ1n) is 10.0. The Bertz CT molecular complexity index is 1510. The van der Waals surface area contributed by atoms with Crippen molar-refractivity contribution in [3.05, 3.63) is 70.5 Å². The second kappa shape index (κ2) is 7.55. The summed E-state index contributed by atoms with van der Waals surface area (Å²) in [4.78, 5) is 27.8. The van der Waals surface area contributed by atoms with Crippen LogP contribution in [0.1, 0.15) is 12.2 Å². The van der Waals surface area contributed by atoms with Crippen molar-refractivity contribution in [1.82, 2.24) is 24.1 Å². The lowest BCUT2D eigenvalue weighted by atomic mass is 10.3. The number of aryl methyl sites for hydroxylation is 1. The lowest BCUT2D eigenvalue weighted by Gasteiger charge is -2.10. The molecule has 0 saturated carbocycles. The zero-order valence-electron chi connectivity index (χ0n) is 17.2. The van der Waals surface area contributed by atoms with Gasteiger partial charge in [0.25, 0.3) is 5.56 Å². The van der Waals surface area contributed by atoms with E-state index < -0.39 is 0 Å². The number of rotatable bonds is 5. The lowest BCUT2D eigenvalue weighted by Crippen LogP contribution is -2.24. The monoisotopic (exact) mass is 417 g/mol. The van der Waals surface area contributed by atoms with Crippen molar-refractivity contribution in [1.29, 1.82) is 0 Å². The molecule has 3 aromatic heterocycles. The first-order chi connectivity index (χ1) is 15.1. The minimum atomic E-state index is -0.383. The van der Waals surface area contributed by atoms with E-state index in [1.54, 1.807) is 35.3 Å². The lowest BCUT2D eigenvalue weighted by molar-refractivity contribution is 0.189. The second-order valence-electron chi connectivity index (χ2n) is 7.36. The number of nitrogens with zero attached hydrogens (tertiary/aromatic N) is 5. The smallest absolute Gasteiger partial charge is 0.265 e. The van der Waals surface area contributed by atoms with E-state index in [0.717, 1.165) is 0 Å². The quantitative estimate of drug-likeness (QED) is 0.407. The fraction of sp³-hybridized carbons (Fsp3) is 0.217. The van der Waals surface area contributed by atoms with Crippen LogP contribution in [0.15, 0.2) is 53.3 Å². The van der Waals surface area contributed by atoms with E-state index >= 15 is 0 Å². The van der Waals surface area contributed by atoms with Gasteiger partial charge in [0.15, 0.2) is 11.3 Å². The zero-order chi connectivity index (χ0) is 21.5. The highest BCUT2D eigenvalue weighted by atomic mass is 19.1. The van der Waals surface area contributed by atoms with Gasteiger partial charge in [-0.15, -0.1) is 0 Å². The van der Waals surface area contributed by atoms with Crippen LogP contribution < -0.4 is 5.56 Å². The van der Waals surface area contributed by atoms with E-state index in [-0.39, 0.29) is 11.4 Å². The van der Waals surface area contributed by atoms with E-state index in [2.05, 4.69) is 0 Å². The molecule has 0 bridgehead atoms. The van der Waals surface area contributed by atoms with Gasteiger partial charge in [-0.05, 0) is 43.7 Å². The van der Waals surface area contributed by atoms with Crippen LogP contribution in [-0.4, -0.2) is 37.8 Å². The van der Waals surface area contributed by atoms with E-state index in [4.69, 9.17) is 19.7 Å². The Morgan fingerprint density at radius 2 is 1.77 bits per heavy atom. The van der Waals surface area contributed by atoms with Gasteiger partial charge in [-0.1, -0.05) is 18.2 Å². The Labute approximate surface area is 176 Å². The van der Waals surface area contributed by atoms with Crippen LogP contribution in [0.3, 0.4) is 0 Å². The highest BCUT2D eigenvalue weighted by Crippen LogP contribution is 2.28. The summed E-state index contributed by atoms with van der Waals surface area (Å²) >= 11 is 0. The summed E-state index contributed by atoms with van der Waals surface area (Å²) in [6.45, 7) is 2.81. The number of hydrogen-bond acceptors (Lipinski definition) is 5. The average Bonchev–Trinajstić information content (AvgIpc) is 3.07. The van der Waals surface area contributed by atoms with Crippen molar-refractivity contribution >= 4 is 33.2 Å². The fourth-order valence-corrected chi connectivity index (χ4v) is 3.92. The van der Waals surface area contributed by atoms with Crippen molar-refractivity contribution in [3.8, 4) is 5.69 Å². The molecule has 8 heteroatoms. The van der Waals surface area contributed by atoms with E-state index in [9.17, 15) is 9.18 Å². The summed E-state index contributed by atoms with van der Waals surface area (Å²) in [7, 11) is 1.63. The molecule has 0 aliphatic carbocycles. The predicted molar refractivity (Wildman–Crippen MR) is 117 cm³/mol. The molecular weight excluding hydrogens is 397 g/mol. The van der Waals surface area contributed by atoms with Gasteiger partial charge in [-0.2, -0.15) is 0 Å². The van der Waals surface area contributed by atoms with E-state index in [1.807, 2.05) is 24.3 Å². The normalized spacial score (nSPS) is 11.7. The van der Waals surface area contributed by atoms with Crippen LogP contribution >= 0.6 is 0 Å². The fourth-order valence-electron chi connectivity index (χ4n) is 3.92. The first-order valence-corrected chi connectivity index (χ1v) is 10.0. The standard InChI is InChI=1S/C23H20FN5O2/c1-14-25-21-19(23(30)28(14)11-6-12-31-2)20-22(27-18-10-4-3-9-17(18)26-20)29(21)16-8-5-7-15(24)13-16/h3-5,7-10,13H,6,11-12H2,1-2H3. The largest absolute Gasteiger partial charge is 0.385 e. The molecule has 0 atom stereocenters. The molecular formula is C23H20FN5O2. The Morgan fingerprint density at radius 1 is 1.00 bits per heavy atom. The molecule has 0 aliphatic rings. The first kappa shape index (κ1) is 19.3. The van der Waals surface area contributed by atoms with Gasteiger partial charge in [0, 0.05) is 20.3 Å². The maximum absolute atomic E-state index is 14.1. The highest BCUT2D eigenvalue weighted by Gasteiger charge is 2.22. The third-order valence-electron chi connectivity index (χ3n) is 5.35. The van der Waals surface area contributed by atoms with Gasteiger partial charge in [-0.3, -0.25) is 13.9 Å². The molecule has 0 N–H and O–H groups in total. The highest BCUT2D eigenvalue weighted by molar-refractivity contribution is 6.05.